The maximum Gasteiger partial charge on any atom is 0.0839 e. The second-order valence-corrected chi connectivity index (χ2v) is 5.35. The van der Waals surface area contributed by atoms with Gasteiger partial charge in [-0.1, -0.05) is 71.1 Å². The van der Waals surface area contributed by atoms with E-state index in [1.807, 2.05) is 0 Å². The molecule has 2 unspecified atom stereocenters. The van der Waals surface area contributed by atoms with Crippen LogP contribution in [0.5, 0.6) is 0 Å². The van der Waals surface area contributed by atoms with E-state index in [1.165, 1.54) is 70.6 Å². The summed E-state index contributed by atoms with van der Waals surface area (Å²) in [5.41, 5.74) is 0. The fraction of sp³-hybridized carbons (Fsp3) is 1.00. The van der Waals surface area contributed by atoms with Crippen LogP contribution in [0.25, 0.3) is 0 Å². The lowest BCUT2D eigenvalue weighted by Gasteiger charge is -2.01. The predicted molar refractivity (Wildman–Crippen MR) is 70.8 cm³/mol. The van der Waals surface area contributed by atoms with Crippen LogP contribution in [0.15, 0.2) is 0 Å². The predicted octanol–water partition coefficient (Wildman–Crippen LogP) is 5.08. The second kappa shape index (κ2) is 9.04. The summed E-state index contributed by atoms with van der Waals surface area (Å²) < 4.78 is 5.40. The molecular formula is C15H30O. The van der Waals surface area contributed by atoms with Crippen molar-refractivity contribution in [2.45, 2.75) is 96.7 Å². The topological polar surface area (TPSA) is 12.5 Å². The highest BCUT2D eigenvalue weighted by molar-refractivity contribution is 4.79. The van der Waals surface area contributed by atoms with Gasteiger partial charge < -0.3 is 4.74 Å². The van der Waals surface area contributed by atoms with Gasteiger partial charge in [-0.15, -0.1) is 0 Å². The lowest BCUT2D eigenvalue weighted by molar-refractivity contribution is 0.364. The van der Waals surface area contributed by atoms with Gasteiger partial charge in [0.15, 0.2) is 0 Å². The molecule has 0 spiro atoms. The molecular weight excluding hydrogens is 196 g/mol. The van der Waals surface area contributed by atoms with Crippen molar-refractivity contribution in [2.75, 3.05) is 0 Å². The standard InChI is InChI=1S/C15H30O/c1-3-4-5-6-7-8-9-10-11-12-13-15-14(2)16-15/h14-15H,3-13H2,1-2H3. The van der Waals surface area contributed by atoms with Crippen LogP contribution < -0.4 is 0 Å². The average molecular weight is 226 g/mol. The zero-order valence-corrected chi connectivity index (χ0v) is 11.3. The molecule has 16 heavy (non-hydrogen) atoms. The Bertz CT molecular complexity index is 156. The van der Waals surface area contributed by atoms with Crippen molar-refractivity contribution in [1.82, 2.24) is 0 Å². The van der Waals surface area contributed by atoms with Gasteiger partial charge >= 0.3 is 0 Å². The third-order valence-electron chi connectivity index (χ3n) is 3.68. The lowest BCUT2D eigenvalue weighted by Crippen LogP contribution is -1.89. The number of unbranched alkanes of at least 4 members (excludes halogenated alkanes) is 9. The lowest BCUT2D eigenvalue weighted by atomic mass is 10.0. The zero-order valence-electron chi connectivity index (χ0n) is 11.3. The van der Waals surface area contributed by atoms with Crippen LogP contribution in [0.3, 0.4) is 0 Å². The van der Waals surface area contributed by atoms with E-state index in [-0.39, 0.29) is 0 Å². The first kappa shape index (κ1) is 14.0. The average Bonchev–Trinajstić information content (AvgIpc) is 2.97. The first-order chi connectivity index (χ1) is 7.84. The van der Waals surface area contributed by atoms with E-state index < -0.39 is 0 Å². The van der Waals surface area contributed by atoms with Crippen molar-refractivity contribution in [2.24, 2.45) is 0 Å². The molecule has 0 bridgehead atoms. The highest BCUT2D eigenvalue weighted by atomic mass is 16.6. The smallest absolute Gasteiger partial charge is 0.0839 e. The first-order valence-corrected chi connectivity index (χ1v) is 7.50. The Morgan fingerprint density at radius 2 is 1.19 bits per heavy atom. The molecule has 1 saturated heterocycles. The normalized spacial score (nSPS) is 23.6. The molecule has 1 aliphatic rings. The zero-order chi connectivity index (χ0) is 11.6. The van der Waals surface area contributed by atoms with E-state index in [0.717, 1.165) is 0 Å². The van der Waals surface area contributed by atoms with Gasteiger partial charge in [0.25, 0.3) is 0 Å². The molecule has 0 radical (unpaired) electrons. The Morgan fingerprint density at radius 3 is 1.62 bits per heavy atom. The molecule has 1 heteroatoms. The van der Waals surface area contributed by atoms with Gasteiger partial charge in [0.05, 0.1) is 12.2 Å². The molecule has 0 aromatic rings. The van der Waals surface area contributed by atoms with E-state index >= 15 is 0 Å². The van der Waals surface area contributed by atoms with E-state index in [0.29, 0.717) is 12.2 Å². The van der Waals surface area contributed by atoms with Gasteiger partial charge in [0.1, 0.15) is 0 Å². The van der Waals surface area contributed by atoms with Crippen molar-refractivity contribution in [3.8, 4) is 0 Å². The second-order valence-electron chi connectivity index (χ2n) is 5.35. The number of rotatable bonds is 11. The number of hydrogen-bond donors (Lipinski definition) is 0. The molecule has 0 saturated carbocycles. The number of ether oxygens (including phenoxy) is 1. The number of hydrogen-bond acceptors (Lipinski definition) is 1. The first-order valence-electron chi connectivity index (χ1n) is 7.50. The van der Waals surface area contributed by atoms with Crippen molar-refractivity contribution in [1.29, 1.82) is 0 Å². The van der Waals surface area contributed by atoms with Crippen molar-refractivity contribution < 1.29 is 4.74 Å². The highest BCUT2D eigenvalue weighted by Gasteiger charge is 2.32. The third-order valence-corrected chi connectivity index (χ3v) is 3.68. The molecule has 0 amide bonds. The maximum absolute atomic E-state index is 5.40. The van der Waals surface area contributed by atoms with Crippen molar-refractivity contribution in [3.05, 3.63) is 0 Å². The molecule has 0 aliphatic carbocycles. The molecule has 1 heterocycles. The van der Waals surface area contributed by atoms with Crippen LogP contribution in [0.4, 0.5) is 0 Å². The van der Waals surface area contributed by atoms with E-state index in [9.17, 15) is 0 Å². The van der Waals surface area contributed by atoms with Crippen LogP contribution >= 0.6 is 0 Å². The quantitative estimate of drug-likeness (QED) is 0.353. The highest BCUT2D eigenvalue weighted by Crippen LogP contribution is 2.26. The van der Waals surface area contributed by atoms with Crippen LogP contribution in [0.1, 0.15) is 84.5 Å². The van der Waals surface area contributed by atoms with Crippen LogP contribution in [0, 0.1) is 0 Å². The molecule has 0 N–H and O–H groups in total. The van der Waals surface area contributed by atoms with E-state index in [1.54, 1.807) is 0 Å². The Morgan fingerprint density at radius 1 is 0.750 bits per heavy atom. The largest absolute Gasteiger partial charge is 0.370 e. The summed E-state index contributed by atoms with van der Waals surface area (Å²) in [6.07, 6.45) is 16.8. The van der Waals surface area contributed by atoms with Gasteiger partial charge in [0.2, 0.25) is 0 Å². The summed E-state index contributed by atoms with van der Waals surface area (Å²) in [4.78, 5) is 0. The molecule has 1 fully saturated rings. The van der Waals surface area contributed by atoms with Crippen molar-refractivity contribution in [3.63, 3.8) is 0 Å². The Labute approximate surface area is 102 Å². The van der Waals surface area contributed by atoms with Crippen LogP contribution in [-0.4, -0.2) is 12.2 Å². The SMILES string of the molecule is CCCCCCCCCCCCC1OC1C. The van der Waals surface area contributed by atoms with Crippen LogP contribution in [-0.2, 0) is 4.74 Å². The van der Waals surface area contributed by atoms with Gasteiger partial charge in [-0.2, -0.15) is 0 Å². The summed E-state index contributed by atoms with van der Waals surface area (Å²) in [5.74, 6) is 0. The number of epoxide rings is 1. The van der Waals surface area contributed by atoms with Gasteiger partial charge in [0, 0.05) is 0 Å². The van der Waals surface area contributed by atoms with Crippen LogP contribution in [0.2, 0.25) is 0 Å². The molecule has 0 aromatic heterocycles. The maximum atomic E-state index is 5.40. The minimum atomic E-state index is 0.568. The minimum absolute atomic E-state index is 0.568. The Balaban J connectivity index is 1.65. The third kappa shape index (κ3) is 7.27. The molecule has 2 atom stereocenters. The summed E-state index contributed by atoms with van der Waals surface area (Å²) in [5, 5.41) is 0. The molecule has 96 valence electrons. The molecule has 1 rings (SSSR count). The summed E-state index contributed by atoms with van der Waals surface area (Å²) in [6.45, 7) is 4.46. The summed E-state index contributed by atoms with van der Waals surface area (Å²) in [6, 6.07) is 0. The van der Waals surface area contributed by atoms with Gasteiger partial charge in [-0.05, 0) is 13.3 Å². The summed E-state index contributed by atoms with van der Waals surface area (Å²) >= 11 is 0. The fourth-order valence-electron chi connectivity index (χ4n) is 2.37. The minimum Gasteiger partial charge on any atom is -0.370 e. The monoisotopic (exact) mass is 226 g/mol. The fourth-order valence-corrected chi connectivity index (χ4v) is 2.37. The van der Waals surface area contributed by atoms with Crippen molar-refractivity contribution >= 4 is 0 Å². The molecule has 1 aliphatic heterocycles. The molecule has 0 aromatic carbocycles. The van der Waals surface area contributed by atoms with E-state index in [4.69, 9.17) is 4.74 Å². The molecule has 1 nitrogen and oxygen atoms in total. The Hall–Kier alpha value is -0.0400. The van der Waals surface area contributed by atoms with E-state index in [2.05, 4.69) is 13.8 Å². The van der Waals surface area contributed by atoms with Gasteiger partial charge in [-0.3, -0.25) is 0 Å². The Kier molecular flexibility index (Phi) is 7.92. The summed E-state index contributed by atoms with van der Waals surface area (Å²) in [7, 11) is 0. The van der Waals surface area contributed by atoms with Gasteiger partial charge in [-0.25, -0.2) is 0 Å².